The molecular weight excluding hydrogens is 261 g/mol. The third kappa shape index (κ3) is 2.14. The topological polar surface area (TPSA) is 52.3 Å². The maximum atomic E-state index is 12.9. The first kappa shape index (κ1) is 12.3. The summed E-state index contributed by atoms with van der Waals surface area (Å²) in [5, 5.41) is 0.372. The normalized spacial score (nSPS) is 10.7. The third-order valence-electron chi connectivity index (χ3n) is 2.93. The molecule has 3 rings (SSSR count). The van der Waals surface area contributed by atoms with Gasteiger partial charge >= 0.3 is 5.63 Å². The molecule has 2 aromatic carbocycles. The van der Waals surface area contributed by atoms with Crippen LogP contribution in [0.4, 0.5) is 4.39 Å². The average molecular weight is 271 g/mol. The van der Waals surface area contributed by atoms with E-state index < -0.39 is 5.63 Å². The SMILES string of the molecule is COc1ccc2c(=O)oc(-c3ccc(F)cc3)nc2c1. The Morgan fingerprint density at radius 2 is 1.90 bits per heavy atom. The summed E-state index contributed by atoms with van der Waals surface area (Å²) in [5.41, 5.74) is 0.519. The third-order valence-corrected chi connectivity index (χ3v) is 2.93. The molecule has 5 heteroatoms. The van der Waals surface area contributed by atoms with Crippen molar-refractivity contribution in [1.82, 2.24) is 4.98 Å². The summed E-state index contributed by atoms with van der Waals surface area (Å²) in [5.74, 6) is 0.384. The van der Waals surface area contributed by atoms with Crippen molar-refractivity contribution in [3.8, 4) is 17.2 Å². The summed E-state index contributed by atoms with van der Waals surface area (Å²) in [6.45, 7) is 0. The molecule has 0 aliphatic rings. The summed E-state index contributed by atoms with van der Waals surface area (Å²) >= 11 is 0. The highest BCUT2D eigenvalue weighted by Crippen LogP contribution is 2.21. The molecule has 0 fully saturated rings. The molecule has 20 heavy (non-hydrogen) atoms. The lowest BCUT2D eigenvalue weighted by Gasteiger charge is -2.03. The summed E-state index contributed by atoms with van der Waals surface area (Å²) in [6.07, 6.45) is 0. The Morgan fingerprint density at radius 1 is 1.15 bits per heavy atom. The standard InChI is InChI=1S/C15H10FNO3/c1-19-11-6-7-12-13(8-11)17-14(20-15(12)18)9-2-4-10(16)5-3-9/h2-8H,1H3. The summed E-state index contributed by atoms with van der Waals surface area (Å²) < 4.78 is 23.2. The molecule has 0 saturated heterocycles. The highest BCUT2D eigenvalue weighted by molar-refractivity contribution is 5.80. The molecule has 100 valence electrons. The molecule has 0 saturated carbocycles. The van der Waals surface area contributed by atoms with Gasteiger partial charge in [-0.15, -0.1) is 0 Å². The summed E-state index contributed by atoms with van der Waals surface area (Å²) in [7, 11) is 1.54. The van der Waals surface area contributed by atoms with Gasteiger partial charge in [0.1, 0.15) is 11.6 Å². The Labute approximate surface area is 113 Å². The number of benzene rings is 2. The van der Waals surface area contributed by atoms with Gasteiger partial charge in [0, 0.05) is 11.6 Å². The number of methoxy groups -OCH3 is 1. The lowest BCUT2D eigenvalue weighted by atomic mass is 10.2. The van der Waals surface area contributed by atoms with Crippen LogP contribution >= 0.6 is 0 Å². The highest BCUT2D eigenvalue weighted by Gasteiger charge is 2.09. The monoisotopic (exact) mass is 271 g/mol. The van der Waals surface area contributed by atoms with Crippen molar-refractivity contribution in [2.75, 3.05) is 7.11 Å². The molecule has 0 unspecified atom stereocenters. The zero-order valence-corrected chi connectivity index (χ0v) is 10.6. The quantitative estimate of drug-likeness (QED) is 0.719. The van der Waals surface area contributed by atoms with Gasteiger partial charge in [-0.2, -0.15) is 0 Å². The van der Waals surface area contributed by atoms with Crippen molar-refractivity contribution >= 4 is 10.9 Å². The number of aromatic nitrogens is 1. The van der Waals surface area contributed by atoms with Gasteiger partial charge in [0.25, 0.3) is 0 Å². The van der Waals surface area contributed by atoms with Gasteiger partial charge in [0.2, 0.25) is 5.89 Å². The van der Waals surface area contributed by atoms with E-state index in [2.05, 4.69) is 4.98 Å². The Morgan fingerprint density at radius 3 is 2.60 bits per heavy atom. The molecule has 0 N–H and O–H groups in total. The Balaban J connectivity index is 2.22. The first-order valence-electron chi connectivity index (χ1n) is 5.92. The zero-order valence-electron chi connectivity index (χ0n) is 10.6. The fraction of sp³-hybridized carbons (Fsp3) is 0.0667. The summed E-state index contributed by atoms with van der Waals surface area (Å²) in [4.78, 5) is 16.2. The Hall–Kier alpha value is -2.69. The van der Waals surface area contributed by atoms with Crippen LogP contribution in [0.15, 0.2) is 51.7 Å². The molecule has 1 heterocycles. The van der Waals surface area contributed by atoms with Gasteiger partial charge in [-0.1, -0.05) is 0 Å². The van der Waals surface area contributed by atoms with Gasteiger partial charge in [-0.3, -0.25) is 0 Å². The molecule has 0 radical (unpaired) electrons. The predicted octanol–water partition coefficient (Wildman–Crippen LogP) is 3.00. The molecular formula is C15H10FNO3. The average Bonchev–Trinajstić information content (AvgIpc) is 2.47. The number of rotatable bonds is 2. The van der Waals surface area contributed by atoms with Gasteiger partial charge in [-0.05, 0) is 36.4 Å². The van der Waals surface area contributed by atoms with Crippen molar-refractivity contribution in [3.63, 3.8) is 0 Å². The fourth-order valence-electron chi connectivity index (χ4n) is 1.89. The lowest BCUT2D eigenvalue weighted by Crippen LogP contribution is -2.03. The first-order chi connectivity index (χ1) is 9.67. The van der Waals surface area contributed by atoms with Crippen LogP contribution in [0.1, 0.15) is 0 Å². The fourth-order valence-corrected chi connectivity index (χ4v) is 1.89. The second-order valence-electron chi connectivity index (χ2n) is 4.20. The lowest BCUT2D eigenvalue weighted by molar-refractivity contribution is 0.415. The van der Waals surface area contributed by atoms with Gasteiger partial charge < -0.3 is 9.15 Å². The predicted molar refractivity (Wildman–Crippen MR) is 72.2 cm³/mol. The zero-order chi connectivity index (χ0) is 14.1. The minimum absolute atomic E-state index is 0.149. The smallest absolute Gasteiger partial charge is 0.347 e. The van der Waals surface area contributed by atoms with Crippen LogP contribution in [0.3, 0.4) is 0 Å². The number of ether oxygens (including phenoxy) is 1. The van der Waals surface area contributed by atoms with E-state index in [1.165, 1.54) is 31.4 Å². The Kier molecular flexibility index (Phi) is 2.95. The van der Waals surface area contributed by atoms with Crippen LogP contribution in [-0.4, -0.2) is 12.1 Å². The molecule has 0 aliphatic carbocycles. The minimum Gasteiger partial charge on any atom is -0.497 e. The van der Waals surface area contributed by atoms with Crippen LogP contribution in [0, 0.1) is 5.82 Å². The first-order valence-corrected chi connectivity index (χ1v) is 5.92. The van der Waals surface area contributed by atoms with E-state index in [1.807, 2.05) is 0 Å². The molecule has 3 aromatic rings. The molecule has 0 aliphatic heterocycles. The minimum atomic E-state index is -0.489. The van der Waals surface area contributed by atoms with Gasteiger partial charge in [-0.25, -0.2) is 14.2 Å². The highest BCUT2D eigenvalue weighted by atomic mass is 19.1. The van der Waals surface area contributed by atoms with Crippen LogP contribution in [0.5, 0.6) is 5.75 Å². The van der Waals surface area contributed by atoms with Crippen molar-refractivity contribution in [3.05, 3.63) is 58.7 Å². The van der Waals surface area contributed by atoms with Crippen LogP contribution < -0.4 is 10.4 Å². The maximum Gasteiger partial charge on any atom is 0.347 e. The van der Waals surface area contributed by atoms with Gasteiger partial charge in [0.15, 0.2) is 0 Å². The van der Waals surface area contributed by atoms with E-state index >= 15 is 0 Å². The maximum absolute atomic E-state index is 12.9. The largest absolute Gasteiger partial charge is 0.497 e. The second-order valence-corrected chi connectivity index (χ2v) is 4.20. The number of halogens is 1. The van der Waals surface area contributed by atoms with Crippen LogP contribution in [0.2, 0.25) is 0 Å². The second kappa shape index (κ2) is 4.77. The molecule has 1 aromatic heterocycles. The van der Waals surface area contributed by atoms with Crippen molar-refractivity contribution < 1.29 is 13.5 Å². The van der Waals surface area contributed by atoms with Gasteiger partial charge in [0.05, 0.1) is 18.0 Å². The number of hydrogen-bond donors (Lipinski definition) is 0. The van der Waals surface area contributed by atoms with E-state index in [4.69, 9.17) is 9.15 Å². The summed E-state index contributed by atoms with van der Waals surface area (Å²) in [6, 6.07) is 10.5. The number of nitrogens with zero attached hydrogens (tertiary/aromatic N) is 1. The van der Waals surface area contributed by atoms with Crippen LogP contribution in [0.25, 0.3) is 22.4 Å². The van der Waals surface area contributed by atoms with E-state index in [9.17, 15) is 9.18 Å². The van der Waals surface area contributed by atoms with Crippen molar-refractivity contribution in [2.45, 2.75) is 0 Å². The molecule has 0 amide bonds. The van der Waals surface area contributed by atoms with Crippen LogP contribution in [-0.2, 0) is 0 Å². The van der Waals surface area contributed by atoms with Crippen molar-refractivity contribution in [1.29, 1.82) is 0 Å². The molecule has 0 spiro atoms. The molecule has 0 bridgehead atoms. The Bertz CT molecular complexity index is 825. The number of hydrogen-bond acceptors (Lipinski definition) is 4. The van der Waals surface area contributed by atoms with E-state index in [0.717, 1.165) is 0 Å². The molecule has 0 atom stereocenters. The number of fused-ring (bicyclic) bond motifs is 1. The van der Waals surface area contributed by atoms with E-state index in [-0.39, 0.29) is 11.7 Å². The van der Waals surface area contributed by atoms with Crippen molar-refractivity contribution in [2.24, 2.45) is 0 Å². The van der Waals surface area contributed by atoms with E-state index in [1.54, 1.807) is 18.2 Å². The van der Waals surface area contributed by atoms with E-state index in [0.29, 0.717) is 22.2 Å². The molecule has 4 nitrogen and oxygen atoms in total.